The van der Waals surface area contributed by atoms with Crippen molar-refractivity contribution in [3.05, 3.63) is 64.9 Å². The molecule has 1 unspecified atom stereocenters. The van der Waals surface area contributed by atoms with Crippen molar-refractivity contribution < 1.29 is 22.7 Å². The molecule has 29 heavy (non-hydrogen) atoms. The fourth-order valence-electron chi connectivity index (χ4n) is 3.28. The summed E-state index contributed by atoms with van der Waals surface area (Å²) in [6.45, 7) is 0.447. The Morgan fingerprint density at radius 2 is 1.86 bits per heavy atom. The Bertz CT molecular complexity index is 964. The third-order valence-corrected chi connectivity index (χ3v) is 7.19. The van der Waals surface area contributed by atoms with Gasteiger partial charge >= 0.3 is 0 Å². The van der Waals surface area contributed by atoms with Crippen molar-refractivity contribution in [3.8, 4) is 0 Å². The highest BCUT2D eigenvalue weighted by Crippen LogP contribution is 2.26. The highest BCUT2D eigenvalue weighted by atomic mass is 35.5. The van der Waals surface area contributed by atoms with Gasteiger partial charge in [0.25, 0.3) is 0 Å². The molecule has 1 saturated heterocycles. The Balaban J connectivity index is 1.54. The molecule has 156 valence electrons. The van der Waals surface area contributed by atoms with E-state index in [0.29, 0.717) is 18.4 Å². The first-order valence-corrected chi connectivity index (χ1v) is 11.1. The first-order valence-electron chi connectivity index (χ1n) is 9.25. The van der Waals surface area contributed by atoms with E-state index in [-0.39, 0.29) is 41.4 Å². The number of sulfonamides is 1. The molecule has 0 aliphatic carbocycles. The second-order valence-electron chi connectivity index (χ2n) is 6.93. The maximum absolute atomic E-state index is 13.3. The minimum atomic E-state index is -3.80. The van der Waals surface area contributed by atoms with Crippen LogP contribution in [0.2, 0.25) is 5.02 Å². The number of piperidine rings is 1. The van der Waals surface area contributed by atoms with Crippen LogP contribution >= 0.6 is 11.6 Å². The monoisotopic (exact) mass is 440 g/mol. The van der Waals surface area contributed by atoms with Crippen molar-refractivity contribution in [3.63, 3.8) is 0 Å². The van der Waals surface area contributed by atoms with Crippen LogP contribution in [0.4, 0.5) is 4.39 Å². The number of carbonyl (C=O) groups is 1. The van der Waals surface area contributed by atoms with Crippen LogP contribution in [0.15, 0.2) is 53.4 Å². The van der Waals surface area contributed by atoms with E-state index >= 15 is 0 Å². The van der Waals surface area contributed by atoms with E-state index in [9.17, 15) is 22.7 Å². The van der Waals surface area contributed by atoms with E-state index < -0.39 is 21.9 Å². The highest BCUT2D eigenvalue weighted by molar-refractivity contribution is 7.89. The SMILES string of the molecule is O=C(NCC(O)c1ccccc1)C1CCN(S(=O)(=O)c2ccc(F)c(Cl)c2)CC1. The molecule has 9 heteroatoms. The molecule has 2 N–H and O–H groups in total. The molecule has 0 aromatic heterocycles. The number of nitrogens with one attached hydrogen (secondary N) is 1. The van der Waals surface area contributed by atoms with Crippen LogP contribution in [0.3, 0.4) is 0 Å². The predicted molar refractivity (Wildman–Crippen MR) is 107 cm³/mol. The zero-order valence-electron chi connectivity index (χ0n) is 15.6. The van der Waals surface area contributed by atoms with Gasteiger partial charge in [-0.3, -0.25) is 4.79 Å². The van der Waals surface area contributed by atoms with Gasteiger partial charge in [-0.1, -0.05) is 41.9 Å². The van der Waals surface area contributed by atoms with E-state index in [1.54, 1.807) is 12.1 Å². The fraction of sp³-hybridized carbons (Fsp3) is 0.350. The summed E-state index contributed by atoms with van der Waals surface area (Å²) in [5.74, 6) is -1.22. The zero-order chi connectivity index (χ0) is 21.0. The smallest absolute Gasteiger partial charge is 0.243 e. The van der Waals surface area contributed by atoms with Crippen molar-refractivity contribution in [2.24, 2.45) is 5.92 Å². The average molecular weight is 441 g/mol. The van der Waals surface area contributed by atoms with E-state index in [4.69, 9.17) is 11.6 Å². The highest BCUT2D eigenvalue weighted by Gasteiger charge is 2.32. The van der Waals surface area contributed by atoms with Gasteiger partial charge in [0.15, 0.2) is 0 Å². The van der Waals surface area contributed by atoms with Crippen LogP contribution in [0.25, 0.3) is 0 Å². The molecular formula is C20H22ClFN2O4S. The third kappa shape index (κ3) is 5.14. The molecule has 0 radical (unpaired) electrons. The van der Waals surface area contributed by atoms with Gasteiger partial charge < -0.3 is 10.4 Å². The maximum atomic E-state index is 13.3. The lowest BCUT2D eigenvalue weighted by molar-refractivity contribution is -0.126. The number of halogens is 2. The molecule has 1 aliphatic rings. The molecule has 0 saturated carbocycles. The molecule has 0 bridgehead atoms. The molecule has 2 aromatic carbocycles. The van der Waals surface area contributed by atoms with Crippen molar-refractivity contribution >= 4 is 27.5 Å². The first kappa shape index (κ1) is 21.7. The number of benzene rings is 2. The number of hydrogen-bond acceptors (Lipinski definition) is 4. The molecule has 2 aromatic rings. The standard InChI is InChI=1S/C20H22ClFN2O4S/c21-17-12-16(6-7-18(17)22)29(27,28)24-10-8-15(9-11-24)20(26)23-13-19(25)14-4-2-1-3-5-14/h1-7,12,15,19,25H,8-11,13H2,(H,23,26). The van der Waals surface area contributed by atoms with Crippen molar-refractivity contribution in [1.29, 1.82) is 0 Å². The van der Waals surface area contributed by atoms with Crippen LogP contribution in [-0.4, -0.2) is 43.4 Å². The van der Waals surface area contributed by atoms with Crippen molar-refractivity contribution in [2.45, 2.75) is 23.8 Å². The van der Waals surface area contributed by atoms with Gasteiger partial charge in [0.05, 0.1) is 16.0 Å². The summed E-state index contributed by atoms with van der Waals surface area (Å²) in [4.78, 5) is 12.3. The van der Waals surface area contributed by atoms with E-state index in [1.807, 2.05) is 18.2 Å². The van der Waals surface area contributed by atoms with Gasteiger partial charge in [-0.25, -0.2) is 12.8 Å². The lowest BCUT2D eigenvalue weighted by Gasteiger charge is -2.30. The molecule has 1 amide bonds. The Labute approximate surface area is 174 Å². The molecular weight excluding hydrogens is 419 g/mol. The summed E-state index contributed by atoms with van der Waals surface area (Å²) in [6, 6.07) is 12.3. The molecule has 1 aliphatic heterocycles. The van der Waals surface area contributed by atoms with E-state index in [2.05, 4.69) is 5.32 Å². The molecule has 1 atom stereocenters. The summed E-state index contributed by atoms with van der Waals surface area (Å²) in [7, 11) is -3.80. The quantitative estimate of drug-likeness (QED) is 0.723. The summed E-state index contributed by atoms with van der Waals surface area (Å²) in [5.41, 5.74) is 0.715. The number of amides is 1. The normalized spacial score (nSPS) is 17.1. The summed E-state index contributed by atoms with van der Waals surface area (Å²) in [5, 5.41) is 12.6. The van der Waals surface area contributed by atoms with Crippen molar-refractivity contribution in [2.75, 3.05) is 19.6 Å². The first-order chi connectivity index (χ1) is 13.8. The van der Waals surface area contributed by atoms with Gasteiger partial charge in [-0.05, 0) is 36.6 Å². The number of hydrogen-bond donors (Lipinski definition) is 2. The van der Waals surface area contributed by atoms with Gasteiger partial charge in [-0.2, -0.15) is 4.31 Å². The number of aliphatic hydroxyl groups excluding tert-OH is 1. The second kappa shape index (κ2) is 9.21. The van der Waals surface area contributed by atoms with E-state index in [1.165, 1.54) is 10.4 Å². The molecule has 1 fully saturated rings. The van der Waals surface area contributed by atoms with Gasteiger partial charge in [0.2, 0.25) is 15.9 Å². The van der Waals surface area contributed by atoms with Crippen LogP contribution in [0.5, 0.6) is 0 Å². The largest absolute Gasteiger partial charge is 0.387 e. The number of rotatable bonds is 6. The average Bonchev–Trinajstić information content (AvgIpc) is 2.74. The summed E-state index contributed by atoms with van der Waals surface area (Å²) < 4.78 is 40.0. The Morgan fingerprint density at radius 1 is 1.21 bits per heavy atom. The fourth-order valence-corrected chi connectivity index (χ4v) is 5.02. The number of nitrogens with zero attached hydrogens (tertiary/aromatic N) is 1. The van der Waals surface area contributed by atoms with Crippen LogP contribution < -0.4 is 5.32 Å². The number of carbonyl (C=O) groups excluding carboxylic acids is 1. The van der Waals surface area contributed by atoms with Crippen molar-refractivity contribution in [1.82, 2.24) is 9.62 Å². The predicted octanol–water partition coefficient (Wildman–Crippen LogP) is 2.73. The van der Waals surface area contributed by atoms with E-state index in [0.717, 1.165) is 12.1 Å². The number of aliphatic hydroxyl groups is 1. The molecule has 6 nitrogen and oxygen atoms in total. The summed E-state index contributed by atoms with van der Waals surface area (Å²) >= 11 is 5.70. The minimum Gasteiger partial charge on any atom is -0.387 e. The lowest BCUT2D eigenvalue weighted by Crippen LogP contribution is -2.43. The topological polar surface area (TPSA) is 86.7 Å². The van der Waals surface area contributed by atoms with Crippen LogP contribution in [0.1, 0.15) is 24.5 Å². The molecule has 3 rings (SSSR count). The lowest BCUT2D eigenvalue weighted by atomic mass is 9.97. The Morgan fingerprint density at radius 3 is 2.48 bits per heavy atom. The molecule has 0 spiro atoms. The van der Waals surface area contributed by atoms with Gasteiger partial charge in [-0.15, -0.1) is 0 Å². The van der Waals surface area contributed by atoms with Gasteiger partial charge in [0, 0.05) is 25.6 Å². The second-order valence-corrected chi connectivity index (χ2v) is 9.27. The third-order valence-electron chi connectivity index (χ3n) is 5.01. The zero-order valence-corrected chi connectivity index (χ0v) is 17.2. The van der Waals surface area contributed by atoms with Crippen LogP contribution in [0, 0.1) is 11.7 Å². The Kier molecular flexibility index (Phi) is 6.89. The minimum absolute atomic E-state index is 0.0715. The Hall–Kier alpha value is -2.00. The maximum Gasteiger partial charge on any atom is 0.243 e. The van der Waals surface area contributed by atoms with Crippen LogP contribution in [-0.2, 0) is 14.8 Å². The molecule has 1 heterocycles. The summed E-state index contributed by atoms with van der Waals surface area (Å²) in [6.07, 6.45) is -0.0770. The van der Waals surface area contributed by atoms with Gasteiger partial charge in [0.1, 0.15) is 5.82 Å².